The van der Waals surface area contributed by atoms with E-state index in [1.807, 2.05) is 39.8 Å². The molecule has 0 unspecified atom stereocenters. The Hall–Kier alpha value is -1.62. The normalized spacial score (nSPS) is 28.5. The molecule has 1 amide bonds. The molecular weight excluding hydrogens is 280 g/mol. The minimum absolute atomic E-state index is 0.0379. The number of carbonyl (C=O) groups is 1. The molecule has 122 valence electrons. The fourth-order valence-electron chi connectivity index (χ4n) is 2.74. The highest BCUT2D eigenvalue weighted by atomic mass is 16.6. The van der Waals surface area contributed by atoms with Crippen LogP contribution in [0.15, 0.2) is 29.4 Å². The Morgan fingerprint density at radius 2 is 2.23 bits per heavy atom. The van der Waals surface area contributed by atoms with Gasteiger partial charge in [0.15, 0.2) is 0 Å². The van der Waals surface area contributed by atoms with Crippen LogP contribution in [-0.4, -0.2) is 48.6 Å². The summed E-state index contributed by atoms with van der Waals surface area (Å²) in [6.45, 7) is 13.5. The van der Waals surface area contributed by atoms with Crippen LogP contribution in [0, 0.1) is 5.41 Å². The van der Waals surface area contributed by atoms with Crippen LogP contribution in [0.1, 0.15) is 34.1 Å². The van der Waals surface area contributed by atoms with E-state index in [4.69, 9.17) is 9.47 Å². The van der Waals surface area contributed by atoms with Crippen LogP contribution in [0.4, 0.5) is 4.79 Å². The Morgan fingerprint density at radius 1 is 1.50 bits per heavy atom. The lowest BCUT2D eigenvalue weighted by atomic mass is 9.70. The minimum Gasteiger partial charge on any atom is -0.444 e. The second-order valence-electron chi connectivity index (χ2n) is 6.88. The van der Waals surface area contributed by atoms with Gasteiger partial charge in [-0.25, -0.2) is 4.79 Å². The first-order valence-electron chi connectivity index (χ1n) is 7.73. The molecule has 2 saturated heterocycles. The van der Waals surface area contributed by atoms with E-state index in [1.54, 1.807) is 11.1 Å². The lowest BCUT2D eigenvalue weighted by Crippen LogP contribution is -2.63. The molecule has 5 heteroatoms. The Morgan fingerprint density at radius 3 is 2.73 bits per heavy atom. The molecular formula is C17H26N2O3. The molecule has 0 aromatic rings. The molecule has 0 aromatic carbocycles. The Labute approximate surface area is 132 Å². The number of ether oxygens (including phenoxy) is 2. The van der Waals surface area contributed by atoms with E-state index in [0.29, 0.717) is 19.7 Å². The van der Waals surface area contributed by atoms with Crippen molar-refractivity contribution < 1.29 is 14.3 Å². The number of amides is 1. The average Bonchev–Trinajstić information content (AvgIpc) is 2.38. The number of aliphatic imine (C=N–C) groups is 1. The van der Waals surface area contributed by atoms with Gasteiger partial charge in [-0.2, -0.15) is 0 Å². The van der Waals surface area contributed by atoms with Crippen LogP contribution >= 0.6 is 0 Å². The molecule has 2 rings (SSSR count). The van der Waals surface area contributed by atoms with E-state index in [9.17, 15) is 4.79 Å². The minimum atomic E-state index is -0.480. The van der Waals surface area contributed by atoms with Crippen molar-refractivity contribution in [2.45, 2.75) is 45.8 Å². The lowest BCUT2D eigenvalue weighted by Gasteiger charge is -2.54. The quantitative estimate of drug-likeness (QED) is 0.753. The SMILES string of the molecule is C=C(/N=C\C=C/C)[C@]12CCN(C(=O)OC(C)(C)C)C[C@H]1OC2. The topological polar surface area (TPSA) is 51.1 Å². The van der Waals surface area contributed by atoms with Crippen LogP contribution in [0.3, 0.4) is 0 Å². The Bertz CT molecular complexity index is 505. The van der Waals surface area contributed by atoms with Crippen LogP contribution < -0.4 is 0 Å². The number of allylic oxidation sites excluding steroid dienone is 2. The van der Waals surface area contributed by atoms with E-state index in [-0.39, 0.29) is 17.6 Å². The molecule has 2 aliphatic rings. The second-order valence-corrected chi connectivity index (χ2v) is 6.88. The smallest absolute Gasteiger partial charge is 0.410 e. The van der Waals surface area contributed by atoms with Gasteiger partial charge >= 0.3 is 6.09 Å². The zero-order valence-corrected chi connectivity index (χ0v) is 14.0. The van der Waals surface area contributed by atoms with Gasteiger partial charge < -0.3 is 14.4 Å². The van der Waals surface area contributed by atoms with Gasteiger partial charge in [-0.1, -0.05) is 12.7 Å². The number of likely N-dealkylation sites (tertiary alicyclic amines) is 1. The van der Waals surface area contributed by atoms with Crippen molar-refractivity contribution >= 4 is 12.3 Å². The monoisotopic (exact) mass is 306 g/mol. The third-order valence-electron chi connectivity index (χ3n) is 4.11. The summed E-state index contributed by atoms with van der Waals surface area (Å²) in [5.41, 5.74) is 0.231. The van der Waals surface area contributed by atoms with E-state index in [0.717, 1.165) is 12.1 Å². The third kappa shape index (κ3) is 3.40. The predicted molar refractivity (Wildman–Crippen MR) is 87.0 cm³/mol. The molecule has 0 aliphatic carbocycles. The standard InChI is InChI=1S/C17H26N2O3/c1-6-7-9-18-13(2)17-8-10-19(11-14(17)21-12-17)15(20)22-16(3,4)5/h6-7,9,14H,2,8,10-12H2,1,3-5H3/b7-6-,18-9-/t14-,17-/m1/s1. The van der Waals surface area contributed by atoms with Gasteiger partial charge in [0, 0.05) is 18.5 Å². The maximum Gasteiger partial charge on any atom is 0.410 e. The van der Waals surface area contributed by atoms with Crippen LogP contribution in [0.2, 0.25) is 0 Å². The number of carbonyl (C=O) groups excluding carboxylic acids is 1. The van der Waals surface area contributed by atoms with Gasteiger partial charge in [0.25, 0.3) is 0 Å². The highest BCUT2D eigenvalue weighted by molar-refractivity contribution is 5.72. The van der Waals surface area contributed by atoms with E-state index in [2.05, 4.69) is 11.6 Å². The first-order valence-corrected chi connectivity index (χ1v) is 7.73. The van der Waals surface area contributed by atoms with Crippen molar-refractivity contribution in [1.82, 2.24) is 4.90 Å². The Kier molecular flexibility index (Phi) is 4.75. The van der Waals surface area contributed by atoms with Crippen LogP contribution in [-0.2, 0) is 9.47 Å². The molecule has 22 heavy (non-hydrogen) atoms. The highest BCUT2D eigenvalue weighted by Crippen LogP contribution is 2.47. The summed E-state index contributed by atoms with van der Waals surface area (Å²) in [7, 11) is 0. The summed E-state index contributed by atoms with van der Waals surface area (Å²) in [5.74, 6) is 0. The largest absolute Gasteiger partial charge is 0.444 e. The van der Waals surface area contributed by atoms with Gasteiger partial charge in [-0.05, 0) is 40.2 Å². The van der Waals surface area contributed by atoms with Crippen molar-refractivity contribution in [2.24, 2.45) is 10.4 Å². The molecule has 0 saturated carbocycles. The first-order chi connectivity index (χ1) is 10.3. The summed E-state index contributed by atoms with van der Waals surface area (Å²) < 4.78 is 11.1. The summed E-state index contributed by atoms with van der Waals surface area (Å²) in [5, 5.41) is 0. The van der Waals surface area contributed by atoms with E-state index >= 15 is 0 Å². The molecule has 0 bridgehead atoms. The first kappa shape index (κ1) is 16.7. The molecule has 2 aliphatic heterocycles. The van der Waals surface area contributed by atoms with Crippen molar-refractivity contribution in [3.05, 3.63) is 24.4 Å². The van der Waals surface area contributed by atoms with Gasteiger partial charge in [0.1, 0.15) is 5.60 Å². The van der Waals surface area contributed by atoms with E-state index < -0.39 is 5.60 Å². The average molecular weight is 306 g/mol. The molecule has 0 aromatic heterocycles. The number of hydrogen-bond donors (Lipinski definition) is 0. The Balaban J connectivity index is 1.99. The number of hydrogen-bond acceptors (Lipinski definition) is 4. The molecule has 2 heterocycles. The molecule has 0 spiro atoms. The van der Waals surface area contributed by atoms with Gasteiger partial charge in [0.05, 0.1) is 24.7 Å². The number of nitrogens with zero attached hydrogens (tertiary/aromatic N) is 2. The third-order valence-corrected chi connectivity index (χ3v) is 4.11. The molecule has 0 radical (unpaired) electrons. The van der Waals surface area contributed by atoms with Gasteiger partial charge in [0.2, 0.25) is 0 Å². The lowest BCUT2D eigenvalue weighted by molar-refractivity contribution is -0.195. The maximum atomic E-state index is 12.2. The fraction of sp³-hybridized carbons (Fsp3) is 0.647. The van der Waals surface area contributed by atoms with Crippen molar-refractivity contribution in [3.8, 4) is 0 Å². The molecule has 5 nitrogen and oxygen atoms in total. The summed E-state index contributed by atoms with van der Waals surface area (Å²) >= 11 is 0. The maximum absolute atomic E-state index is 12.2. The molecule has 2 fully saturated rings. The van der Waals surface area contributed by atoms with Crippen molar-refractivity contribution in [3.63, 3.8) is 0 Å². The zero-order chi connectivity index (χ0) is 16.4. The van der Waals surface area contributed by atoms with Gasteiger partial charge in [-0.15, -0.1) is 0 Å². The van der Waals surface area contributed by atoms with Crippen LogP contribution in [0.5, 0.6) is 0 Å². The summed E-state index contributed by atoms with van der Waals surface area (Å²) in [6.07, 6.45) is 6.06. The fourth-order valence-corrected chi connectivity index (χ4v) is 2.74. The van der Waals surface area contributed by atoms with E-state index in [1.165, 1.54) is 0 Å². The summed E-state index contributed by atoms with van der Waals surface area (Å²) in [6, 6.07) is 0. The molecule has 0 N–H and O–H groups in total. The highest BCUT2D eigenvalue weighted by Gasteiger charge is 2.54. The van der Waals surface area contributed by atoms with Gasteiger partial charge in [-0.3, -0.25) is 4.99 Å². The second kappa shape index (κ2) is 6.24. The number of fused-ring (bicyclic) bond motifs is 1. The van der Waals surface area contributed by atoms with Crippen LogP contribution in [0.25, 0.3) is 0 Å². The van der Waals surface area contributed by atoms with Crippen molar-refractivity contribution in [2.75, 3.05) is 19.7 Å². The molecule has 2 atom stereocenters. The summed E-state index contributed by atoms with van der Waals surface area (Å²) in [4.78, 5) is 18.3. The predicted octanol–water partition coefficient (Wildman–Crippen LogP) is 3.17. The number of rotatable bonds is 3. The zero-order valence-electron chi connectivity index (χ0n) is 14.0. The van der Waals surface area contributed by atoms with Crippen molar-refractivity contribution in [1.29, 1.82) is 0 Å². The number of piperidine rings is 1.